The largest absolute Gasteiger partial charge is 0.321 e. The summed E-state index contributed by atoms with van der Waals surface area (Å²) >= 11 is 1.25. The van der Waals surface area contributed by atoms with Gasteiger partial charge in [-0.3, -0.25) is 4.79 Å². The number of benzene rings is 1. The van der Waals surface area contributed by atoms with Crippen molar-refractivity contribution in [2.75, 3.05) is 0 Å². The van der Waals surface area contributed by atoms with Crippen LogP contribution < -0.4 is 10.3 Å². The summed E-state index contributed by atoms with van der Waals surface area (Å²) in [4.78, 5) is 16.2. The summed E-state index contributed by atoms with van der Waals surface area (Å²) in [5, 5.41) is 0.890. The van der Waals surface area contributed by atoms with Crippen LogP contribution in [0, 0.1) is 13.8 Å². The van der Waals surface area contributed by atoms with Crippen LogP contribution in [0.5, 0.6) is 0 Å². The predicted molar refractivity (Wildman–Crippen MR) is 102 cm³/mol. The highest BCUT2D eigenvalue weighted by molar-refractivity contribution is 7.91. The minimum absolute atomic E-state index is 0.0418. The lowest BCUT2D eigenvalue weighted by Gasteiger charge is -2.09. The molecule has 5 nitrogen and oxygen atoms in total. The molecule has 0 unspecified atom stereocenters. The fraction of sp³-hybridized carbons (Fsp3) is 0.278. The number of aromatic nitrogens is 1. The summed E-state index contributed by atoms with van der Waals surface area (Å²) in [6, 6.07) is 9.07. The number of H-pyrrole nitrogens is 1. The van der Waals surface area contributed by atoms with Crippen molar-refractivity contribution in [3.63, 3.8) is 0 Å². The zero-order valence-corrected chi connectivity index (χ0v) is 16.0. The Labute approximate surface area is 150 Å². The molecule has 0 aliphatic carbocycles. The Kier molecular flexibility index (Phi) is 4.81. The van der Waals surface area contributed by atoms with E-state index in [2.05, 4.69) is 9.71 Å². The molecule has 2 N–H and O–H groups in total. The fourth-order valence-corrected chi connectivity index (χ4v) is 4.98. The van der Waals surface area contributed by atoms with E-state index in [1.54, 1.807) is 12.1 Å². The molecule has 3 aromatic rings. The lowest BCUT2D eigenvalue weighted by molar-refractivity contribution is 0.583. The summed E-state index contributed by atoms with van der Waals surface area (Å²) in [6.45, 7) is 5.88. The van der Waals surface area contributed by atoms with Crippen molar-refractivity contribution in [2.45, 2.75) is 37.9 Å². The van der Waals surface area contributed by atoms with Gasteiger partial charge in [-0.15, -0.1) is 11.3 Å². The standard InChI is InChI=1S/C18H20N2O3S2/c1-4-15-7-8-16(24-15)25(22,23)19-10-14-9-13-6-5-11(2)12(3)17(13)20-18(14)21/h5-9,19H,4,10H2,1-3H3,(H,20,21). The van der Waals surface area contributed by atoms with E-state index in [4.69, 9.17) is 0 Å². The Balaban J connectivity index is 1.89. The number of rotatable bonds is 5. The van der Waals surface area contributed by atoms with Gasteiger partial charge in [-0.2, -0.15) is 0 Å². The molecular weight excluding hydrogens is 356 g/mol. The normalized spacial score (nSPS) is 12.0. The lowest BCUT2D eigenvalue weighted by atomic mass is 10.0. The van der Waals surface area contributed by atoms with Gasteiger partial charge in [0.2, 0.25) is 10.0 Å². The van der Waals surface area contributed by atoms with Crippen LogP contribution in [0.2, 0.25) is 0 Å². The molecule has 2 aromatic heterocycles. The van der Waals surface area contributed by atoms with Crippen LogP contribution in [-0.2, 0) is 23.0 Å². The van der Waals surface area contributed by atoms with Crippen LogP contribution in [0.25, 0.3) is 10.9 Å². The van der Waals surface area contributed by atoms with Crippen molar-refractivity contribution >= 4 is 32.3 Å². The topological polar surface area (TPSA) is 79.0 Å². The zero-order chi connectivity index (χ0) is 18.2. The summed E-state index contributed by atoms with van der Waals surface area (Å²) in [5.74, 6) is 0. The molecular formula is C18H20N2O3S2. The summed E-state index contributed by atoms with van der Waals surface area (Å²) in [7, 11) is -3.62. The van der Waals surface area contributed by atoms with Crippen molar-refractivity contribution < 1.29 is 8.42 Å². The Morgan fingerprint density at radius 3 is 2.60 bits per heavy atom. The van der Waals surface area contributed by atoms with Crippen molar-refractivity contribution in [2.24, 2.45) is 0 Å². The molecule has 0 radical (unpaired) electrons. The van der Waals surface area contributed by atoms with Gasteiger partial charge in [0.1, 0.15) is 4.21 Å². The van der Waals surface area contributed by atoms with Crippen LogP contribution in [-0.4, -0.2) is 13.4 Å². The van der Waals surface area contributed by atoms with E-state index in [1.807, 2.05) is 39.0 Å². The molecule has 0 amide bonds. The van der Waals surface area contributed by atoms with Crippen molar-refractivity contribution in [3.8, 4) is 0 Å². The third-order valence-corrected chi connectivity index (χ3v) is 7.45. The minimum atomic E-state index is -3.62. The number of hydrogen-bond acceptors (Lipinski definition) is 4. The van der Waals surface area contributed by atoms with E-state index in [9.17, 15) is 13.2 Å². The number of thiophene rings is 1. The minimum Gasteiger partial charge on any atom is -0.321 e. The smallest absolute Gasteiger partial charge is 0.252 e. The highest BCUT2D eigenvalue weighted by Crippen LogP contribution is 2.22. The quantitative estimate of drug-likeness (QED) is 0.717. The van der Waals surface area contributed by atoms with Crippen molar-refractivity contribution in [1.82, 2.24) is 9.71 Å². The highest BCUT2D eigenvalue weighted by Gasteiger charge is 2.17. The SMILES string of the molecule is CCc1ccc(S(=O)(=O)NCc2cc3ccc(C)c(C)c3[nH]c2=O)s1. The molecule has 0 spiro atoms. The molecule has 0 fully saturated rings. The maximum absolute atomic E-state index is 12.4. The summed E-state index contributed by atoms with van der Waals surface area (Å²) < 4.78 is 27.6. The Morgan fingerprint density at radius 1 is 1.16 bits per heavy atom. The van der Waals surface area contributed by atoms with Gasteiger partial charge in [0.25, 0.3) is 5.56 Å². The summed E-state index contributed by atoms with van der Waals surface area (Å²) in [6.07, 6.45) is 0.795. The van der Waals surface area contributed by atoms with Gasteiger partial charge in [-0.1, -0.05) is 19.1 Å². The Morgan fingerprint density at radius 2 is 1.92 bits per heavy atom. The maximum atomic E-state index is 12.4. The van der Waals surface area contributed by atoms with E-state index in [0.717, 1.165) is 33.3 Å². The number of aromatic amines is 1. The molecule has 0 saturated heterocycles. The number of fused-ring (bicyclic) bond motifs is 1. The number of sulfonamides is 1. The van der Waals surface area contributed by atoms with E-state index in [-0.39, 0.29) is 16.3 Å². The predicted octanol–water partition coefficient (Wildman–Crippen LogP) is 3.25. The number of pyridine rings is 1. The van der Waals surface area contributed by atoms with Crippen LogP contribution >= 0.6 is 11.3 Å². The van der Waals surface area contributed by atoms with Crippen molar-refractivity contribution in [1.29, 1.82) is 0 Å². The molecule has 3 rings (SSSR count). The van der Waals surface area contributed by atoms with Gasteiger partial charge in [0, 0.05) is 17.0 Å². The molecule has 2 heterocycles. The van der Waals surface area contributed by atoms with Crippen LogP contribution in [0.1, 0.15) is 28.5 Å². The van der Waals surface area contributed by atoms with Crippen LogP contribution in [0.4, 0.5) is 0 Å². The third kappa shape index (κ3) is 3.53. The zero-order valence-electron chi connectivity index (χ0n) is 14.3. The maximum Gasteiger partial charge on any atom is 0.252 e. The molecule has 0 aliphatic rings. The average molecular weight is 377 g/mol. The molecule has 132 valence electrons. The van der Waals surface area contributed by atoms with E-state index >= 15 is 0 Å². The monoisotopic (exact) mass is 376 g/mol. The van der Waals surface area contributed by atoms with E-state index in [1.165, 1.54) is 11.3 Å². The van der Waals surface area contributed by atoms with E-state index < -0.39 is 10.0 Å². The first-order valence-corrected chi connectivity index (χ1v) is 10.3. The molecule has 7 heteroatoms. The average Bonchev–Trinajstić information content (AvgIpc) is 3.07. The van der Waals surface area contributed by atoms with Gasteiger partial charge in [0.05, 0.1) is 5.52 Å². The number of hydrogen-bond donors (Lipinski definition) is 2. The van der Waals surface area contributed by atoms with Gasteiger partial charge >= 0.3 is 0 Å². The molecule has 25 heavy (non-hydrogen) atoms. The second-order valence-corrected chi connectivity index (χ2v) is 9.16. The third-order valence-electron chi connectivity index (χ3n) is 4.33. The molecule has 1 aromatic carbocycles. The Hall–Kier alpha value is -1.96. The fourth-order valence-electron chi connectivity index (χ4n) is 2.64. The summed E-state index contributed by atoms with van der Waals surface area (Å²) in [5.41, 5.74) is 3.03. The first-order valence-electron chi connectivity index (χ1n) is 8.02. The number of aryl methyl sites for hydroxylation is 3. The molecule has 0 bridgehead atoms. The van der Waals surface area contributed by atoms with Gasteiger partial charge in [0.15, 0.2) is 0 Å². The van der Waals surface area contributed by atoms with E-state index in [0.29, 0.717) is 5.56 Å². The lowest BCUT2D eigenvalue weighted by Crippen LogP contribution is -2.26. The second-order valence-electron chi connectivity index (χ2n) is 5.99. The van der Waals surface area contributed by atoms with Gasteiger partial charge in [-0.25, -0.2) is 13.1 Å². The number of nitrogens with one attached hydrogen (secondary N) is 2. The Bertz CT molecular complexity index is 1100. The highest BCUT2D eigenvalue weighted by atomic mass is 32.2. The first-order chi connectivity index (χ1) is 11.8. The van der Waals surface area contributed by atoms with Crippen LogP contribution in [0.15, 0.2) is 39.3 Å². The van der Waals surface area contributed by atoms with Crippen LogP contribution in [0.3, 0.4) is 0 Å². The molecule has 0 atom stereocenters. The second kappa shape index (κ2) is 6.74. The van der Waals surface area contributed by atoms with Gasteiger partial charge in [-0.05, 0) is 55.0 Å². The molecule has 0 saturated carbocycles. The van der Waals surface area contributed by atoms with Crippen molar-refractivity contribution in [3.05, 3.63) is 62.3 Å². The molecule has 0 aliphatic heterocycles. The first kappa shape index (κ1) is 17.8. The van der Waals surface area contributed by atoms with Gasteiger partial charge < -0.3 is 4.98 Å².